The molecule has 2 heterocycles. The van der Waals surface area contributed by atoms with Gasteiger partial charge in [-0.1, -0.05) is 19.9 Å². The Hall–Kier alpha value is -3.48. The Morgan fingerprint density at radius 2 is 1.80 bits per heavy atom. The van der Waals surface area contributed by atoms with Crippen molar-refractivity contribution in [3.63, 3.8) is 0 Å². The number of benzene rings is 2. The molecule has 0 spiro atoms. The van der Waals surface area contributed by atoms with Crippen LogP contribution in [0.25, 0.3) is 11.0 Å². The molecule has 156 valence electrons. The van der Waals surface area contributed by atoms with Crippen molar-refractivity contribution in [2.75, 3.05) is 19.8 Å². The quantitative estimate of drug-likeness (QED) is 0.628. The Labute approximate surface area is 173 Å². The maximum atomic E-state index is 12.5. The highest BCUT2D eigenvalue weighted by Gasteiger charge is 2.21. The number of carbonyl (C=O) groups excluding carboxylic acids is 1. The van der Waals surface area contributed by atoms with E-state index in [4.69, 9.17) is 18.6 Å². The molecule has 0 saturated heterocycles. The van der Waals surface area contributed by atoms with E-state index in [9.17, 15) is 9.59 Å². The lowest BCUT2D eigenvalue weighted by Crippen LogP contribution is -2.35. The third-order valence-electron chi connectivity index (χ3n) is 4.87. The van der Waals surface area contributed by atoms with Gasteiger partial charge in [-0.15, -0.1) is 0 Å². The second kappa shape index (κ2) is 8.49. The van der Waals surface area contributed by atoms with Crippen LogP contribution in [-0.4, -0.2) is 25.7 Å². The lowest BCUT2D eigenvalue weighted by molar-refractivity contribution is -0.124. The first-order valence-electron chi connectivity index (χ1n) is 9.85. The van der Waals surface area contributed by atoms with Crippen LogP contribution < -0.4 is 25.2 Å². The highest BCUT2D eigenvalue weighted by atomic mass is 16.6. The van der Waals surface area contributed by atoms with Crippen molar-refractivity contribution in [1.29, 1.82) is 0 Å². The number of amides is 1. The largest absolute Gasteiger partial charge is 0.486 e. The van der Waals surface area contributed by atoms with E-state index in [1.807, 2.05) is 32.0 Å². The van der Waals surface area contributed by atoms with Gasteiger partial charge in [0.15, 0.2) is 18.1 Å². The Morgan fingerprint density at radius 1 is 1.03 bits per heavy atom. The van der Waals surface area contributed by atoms with Gasteiger partial charge in [0.1, 0.15) is 24.5 Å². The zero-order chi connectivity index (χ0) is 21.1. The number of nitrogens with one attached hydrogen (secondary N) is 1. The first-order valence-corrected chi connectivity index (χ1v) is 9.85. The van der Waals surface area contributed by atoms with Crippen LogP contribution in [-0.2, 0) is 4.79 Å². The summed E-state index contributed by atoms with van der Waals surface area (Å²) in [6.45, 7) is 4.96. The molecule has 1 N–H and O–H groups in total. The second-order valence-electron chi connectivity index (χ2n) is 7.44. The van der Waals surface area contributed by atoms with Crippen LogP contribution in [0.3, 0.4) is 0 Å². The minimum absolute atomic E-state index is 0.156. The molecule has 30 heavy (non-hydrogen) atoms. The Balaban J connectivity index is 1.43. The van der Waals surface area contributed by atoms with Crippen molar-refractivity contribution in [2.45, 2.75) is 19.9 Å². The maximum Gasteiger partial charge on any atom is 0.336 e. The molecule has 1 aromatic heterocycles. The summed E-state index contributed by atoms with van der Waals surface area (Å²) in [6.07, 6.45) is 0. The molecule has 0 bridgehead atoms. The van der Waals surface area contributed by atoms with Crippen LogP contribution in [0.1, 0.15) is 25.5 Å². The molecule has 7 nitrogen and oxygen atoms in total. The fourth-order valence-corrected chi connectivity index (χ4v) is 3.38. The van der Waals surface area contributed by atoms with Gasteiger partial charge in [-0.3, -0.25) is 4.79 Å². The zero-order valence-electron chi connectivity index (χ0n) is 16.8. The number of hydrogen-bond donors (Lipinski definition) is 1. The summed E-state index contributed by atoms with van der Waals surface area (Å²) < 4.78 is 22.0. The smallest absolute Gasteiger partial charge is 0.336 e. The van der Waals surface area contributed by atoms with Crippen molar-refractivity contribution < 1.29 is 23.4 Å². The van der Waals surface area contributed by atoms with E-state index in [2.05, 4.69) is 5.32 Å². The molecule has 1 amide bonds. The number of hydrogen-bond acceptors (Lipinski definition) is 6. The predicted octanol–water partition coefficient (Wildman–Crippen LogP) is 3.46. The lowest BCUT2D eigenvalue weighted by Gasteiger charge is -2.25. The van der Waals surface area contributed by atoms with E-state index < -0.39 is 5.63 Å². The zero-order valence-corrected chi connectivity index (χ0v) is 16.8. The number of carbonyl (C=O) groups is 1. The Morgan fingerprint density at radius 3 is 2.60 bits per heavy atom. The fourth-order valence-electron chi connectivity index (χ4n) is 3.38. The summed E-state index contributed by atoms with van der Waals surface area (Å²) in [4.78, 5) is 23.9. The van der Waals surface area contributed by atoms with Gasteiger partial charge in [-0.05, 0) is 41.8 Å². The van der Waals surface area contributed by atoms with Gasteiger partial charge >= 0.3 is 5.63 Å². The molecule has 1 aliphatic rings. The van der Waals surface area contributed by atoms with E-state index in [0.29, 0.717) is 36.0 Å². The molecule has 7 heteroatoms. The van der Waals surface area contributed by atoms with E-state index in [1.54, 1.807) is 24.3 Å². The molecule has 0 fully saturated rings. The van der Waals surface area contributed by atoms with Gasteiger partial charge in [0.25, 0.3) is 5.91 Å². The Kier molecular flexibility index (Phi) is 5.61. The van der Waals surface area contributed by atoms with Gasteiger partial charge < -0.3 is 23.9 Å². The molecule has 4 rings (SSSR count). The van der Waals surface area contributed by atoms with Gasteiger partial charge in [-0.2, -0.15) is 0 Å². The number of rotatable bonds is 6. The van der Waals surface area contributed by atoms with E-state index >= 15 is 0 Å². The van der Waals surface area contributed by atoms with Crippen LogP contribution in [0.2, 0.25) is 0 Å². The summed E-state index contributed by atoms with van der Waals surface area (Å²) in [5, 5.41) is 3.80. The average Bonchev–Trinajstić information content (AvgIpc) is 2.75. The van der Waals surface area contributed by atoms with Crippen molar-refractivity contribution in [3.05, 3.63) is 64.5 Å². The minimum atomic E-state index is -0.434. The second-order valence-corrected chi connectivity index (χ2v) is 7.44. The molecule has 0 saturated carbocycles. The molecule has 1 atom stereocenters. The lowest BCUT2D eigenvalue weighted by atomic mass is 9.95. The van der Waals surface area contributed by atoms with E-state index in [1.165, 1.54) is 6.07 Å². The predicted molar refractivity (Wildman–Crippen MR) is 111 cm³/mol. The first-order chi connectivity index (χ1) is 14.5. The van der Waals surface area contributed by atoms with Crippen LogP contribution in [0.5, 0.6) is 17.2 Å². The van der Waals surface area contributed by atoms with Crippen LogP contribution >= 0.6 is 0 Å². The van der Waals surface area contributed by atoms with Crippen molar-refractivity contribution >= 4 is 16.9 Å². The minimum Gasteiger partial charge on any atom is -0.486 e. The fraction of sp³-hybridized carbons (Fsp3) is 0.304. The molecule has 0 unspecified atom stereocenters. The molecular weight excluding hydrogens is 386 g/mol. The molecule has 2 aromatic carbocycles. The van der Waals surface area contributed by atoms with Crippen LogP contribution in [0.4, 0.5) is 0 Å². The molecule has 0 aliphatic carbocycles. The summed E-state index contributed by atoms with van der Waals surface area (Å²) >= 11 is 0. The monoisotopic (exact) mass is 409 g/mol. The maximum absolute atomic E-state index is 12.5. The first kappa shape index (κ1) is 19.8. The Bertz CT molecular complexity index is 1120. The van der Waals surface area contributed by atoms with E-state index in [0.717, 1.165) is 10.9 Å². The molecule has 0 radical (unpaired) electrons. The summed E-state index contributed by atoms with van der Waals surface area (Å²) in [5.41, 5.74) is 0.920. The van der Waals surface area contributed by atoms with Crippen molar-refractivity contribution in [2.24, 2.45) is 5.92 Å². The highest BCUT2D eigenvalue weighted by Crippen LogP contribution is 2.34. The van der Waals surface area contributed by atoms with Crippen LogP contribution in [0, 0.1) is 5.92 Å². The normalized spacial score (nSPS) is 13.8. The van der Waals surface area contributed by atoms with Gasteiger partial charge in [0.05, 0.1) is 6.04 Å². The molecule has 3 aromatic rings. The van der Waals surface area contributed by atoms with Gasteiger partial charge in [-0.25, -0.2) is 4.79 Å². The molecule has 1 aliphatic heterocycles. The topological polar surface area (TPSA) is 87.0 Å². The highest BCUT2D eigenvalue weighted by molar-refractivity contribution is 5.79. The standard InChI is InChI=1S/C23H23NO6/c1-14(2)23(16-4-7-18-20(11-16)28-10-9-27-18)24-21(25)13-29-17-6-3-15-5-8-22(26)30-19(15)12-17/h3-8,11-12,14,23H,9-10,13H2,1-2H3,(H,24,25)/t23-/m0/s1. The number of fused-ring (bicyclic) bond motifs is 2. The number of ether oxygens (including phenoxy) is 3. The van der Waals surface area contributed by atoms with Gasteiger partial charge in [0.2, 0.25) is 0 Å². The van der Waals surface area contributed by atoms with Crippen molar-refractivity contribution in [3.8, 4) is 17.2 Å². The van der Waals surface area contributed by atoms with Gasteiger partial charge in [0, 0.05) is 17.5 Å². The van der Waals surface area contributed by atoms with E-state index in [-0.39, 0.29) is 24.5 Å². The summed E-state index contributed by atoms with van der Waals surface area (Å²) in [6, 6.07) is 13.7. The molecular formula is C23H23NO6. The summed E-state index contributed by atoms with van der Waals surface area (Å²) in [5.74, 6) is 1.76. The third-order valence-corrected chi connectivity index (χ3v) is 4.87. The SMILES string of the molecule is CC(C)[C@H](NC(=O)COc1ccc2ccc(=O)oc2c1)c1ccc2c(c1)OCCO2. The average molecular weight is 409 g/mol. The summed E-state index contributed by atoms with van der Waals surface area (Å²) in [7, 11) is 0. The third kappa shape index (κ3) is 4.40. The van der Waals surface area contributed by atoms with Crippen LogP contribution in [0.15, 0.2) is 57.7 Å². The van der Waals surface area contributed by atoms with Crippen molar-refractivity contribution in [1.82, 2.24) is 5.32 Å².